The summed E-state index contributed by atoms with van der Waals surface area (Å²) in [6.07, 6.45) is 6.32. The van der Waals surface area contributed by atoms with E-state index in [0.29, 0.717) is 5.82 Å². The Morgan fingerprint density at radius 3 is 2.75 bits per heavy atom. The number of H-pyrrole nitrogens is 1. The van der Waals surface area contributed by atoms with E-state index >= 15 is 0 Å². The van der Waals surface area contributed by atoms with Gasteiger partial charge in [0.05, 0.1) is 28.8 Å². The number of hydrogen-bond donors (Lipinski definition) is 1. The number of fused-ring (bicyclic) bond motifs is 5. The number of aromatic amines is 1. The number of ether oxygens (including phenoxy) is 1. The molecule has 1 aliphatic heterocycles. The van der Waals surface area contributed by atoms with Crippen molar-refractivity contribution in [3.63, 3.8) is 0 Å². The second kappa shape index (κ2) is 5.53. The van der Waals surface area contributed by atoms with Crippen molar-refractivity contribution in [2.45, 2.75) is 25.7 Å². The van der Waals surface area contributed by atoms with E-state index in [-0.39, 0.29) is 0 Å². The van der Waals surface area contributed by atoms with E-state index in [9.17, 15) is 0 Å². The number of pyridine rings is 1. The van der Waals surface area contributed by atoms with E-state index in [0.717, 1.165) is 49.4 Å². The zero-order valence-electron chi connectivity index (χ0n) is 13.5. The third-order valence-electron chi connectivity index (χ3n) is 5.11. The van der Waals surface area contributed by atoms with Crippen molar-refractivity contribution in [1.29, 1.82) is 0 Å². The molecule has 3 aromatic rings. The number of hydrogen-bond acceptors (Lipinski definition) is 6. The Morgan fingerprint density at radius 2 is 1.92 bits per heavy atom. The second-order valence-electron chi connectivity index (χ2n) is 6.48. The van der Waals surface area contributed by atoms with E-state index < -0.39 is 0 Å². The SMILES string of the molecule is Nc1ncnc2c1sc1[nH+]c(N3CCOCC3)c3c(c12)CCCC3. The molecule has 5 rings (SSSR count). The molecule has 7 heteroatoms. The Kier molecular flexibility index (Phi) is 3.31. The summed E-state index contributed by atoms with van der Waals surface area (Å²) in [5, 5.41) is 1.26. The van der Waals surface area contributed by atoms with Gasteiger partial charge in [-0.3, -0.25) is 4.90 Å². The first-order valence-electron chi connectivity index (χ1n) is 8.55. The molecule has 24 heavy (non-hydrogen) atoms. The normalized spacial score (nSPS) is 18.2. The number of rotatable bonds is 1. The van der Waals surface area contributed by atoms with Crippen LogP contribution in [0.2, 0.25) is 0 Å². The third-order valence-corrected chi connectivity index (χ3v) is 6.23. The fourth-order valence-corrected chi connectivity index (χ4v) is 5.06. The maximum Gasteiger partial charge on any atom is 0.279 e. The number of thiophene rings is 1. The molecule has 0 atom stereocenters. The van der Waals surface area contributed by atoms with E-state index in [1.807, 2.05) is 0 Å². The van der Waals surface area contributed by atoms with Crippen LogP contribution in [-0.2, 0) is 17.6 Å². The minimum Gasteiger partial charge on any atom is -0.382 e. The molecule has 0 spiro atoms. The van der Waals surface area contributed by atoms with Gasteiger partial charge >= 0.3 is 0 Å². The summed E-state index contributed by atoms with van der Waals surface area (Å²) >= 11 is 1.68. The average Bonchev–Trinajstić information content (AvgIpc) is 3.02. The van der Waals surface area contributed by atoms with Crippen LogP contribution in [0.25, 0.3) is 20.4 Å². The van der Waals surface area contributed by atoms with Crippen LogP contribution in [0.3, 0.4) is 0 Å². The summed E-state index contributed by atoms with van der Waals surface area (Å²) in [7, 11) is 0. The highest BCUT2D eigenvalue weighted by Gasteiger charge is 2.30. The van der Waals surface area contributed by atoms with Crippen LogP contribution >= 0.6 is 11.3 Å². The van der Waals surface area contributed by atoms with Gasteiger partial charge in [-0.25, -0.2) is 15.0 Å². The summed E-state index contributed by atoms with van der Waals surface area (Å²) in [4.78, 5) is 16.0. The van der Waals surface area contributed by atoms with Gasteiger partial charge in [-0.2, -0.15) is 0 Å². The number of nitrogens with two attached hydrogens (primary N) is 1. The maximum atomic E-state index is 6.10. The standard InChI is InChI=1S/C17H19N5OS/c18-15-14-13(19-9-20-15)12-10-3-1-2-4-11(10)16(21-17(12)24-14)22-5-7-23-8-6-22/h9H,1-8H2,(H2,18,19,20)/p+1. The van der Waals surface area contributed by atoms with Gasteiger partial charge in [-0.1, -0.05) is 11.3 Å². The lowest BCUT2D eigenvalue weighted by Crippen LogP contribution is -2.40. The smallest absolute Gasteiger partial charge is 0.279 e. The fraction of sp³-hybridized carbons (Fsp3) is 0.471. The third kappa shape index (κ3) is 2.08. The molecule has 4 heterocycles. The van der Waals surface area contributed by atoms with Crippen LogP contribution in [0.4, 0.5) is 11.6 Å². The Hall–Kier alpha value is -1.99. The lowest BCUT2D eigenvalue weighted by Gasteiger charge is -2.25. The van der Waals surface area contributed by atoms with Crippen LogP contribution in [0.1, 0.15) is 24.0 Å². The summed E-state index contributed by atoms with van der Waals surface area (Å²) in [5.74, 6) is 1.85. The lowest BCUT2D eigenvalue weighted by molar-refractivity contribution is -0.328. The first-order chi connectivity index (χ1) is 11.8. The quantitative estimate of drug-likeness (QED) is 0.731. The van der Waals surface area contributed by atoms with Crippen LogP contribution in [-0.4, -0.2) is 36.3 Å². The summed E-state index contributed by atoms with van der Waals surface area (Å²) < 4.78 is 6.52. The first kappa shape index (κ1) is 14.4. The highest BCUT2D eigenvalue weighted by atomic mass is 32.1. The van der Waals surface area contributed by atoms with Crippen molar-refractivity contribution in [3.05, 3.63) is 17.5 Å². The van der Waals surface area contributed by atoms with Crippen molar-refractivity contribution in [2.24, 2.45) is 0 Å². The molecule has 0 saturated carbocycles. The maximum absolute atomic E-state index is 6.10. The Morgan fingerprint density at radius 1 is 1.12 bits per heavy atom. The van der Waals surface area contributed by atoms with Crippen molar-refractivity contribution < 1.29 is 9.72 Å². The van der Waals surface area contributed by atoms with E-state index in [4.69, 9.17) is 10.5 Å². The lowest BCUT2D eigenvalue weighted by atomic mass is 9.90. The monoisotopic (exact) mass is 342 g/mol. The van der Waals surface area contributed by atoms with Crippen molar-refractivity contribution in [2.75, 3.05) is 36.9 Å². The van der Waals surface area contributed by atoms with Gasteiger partial charge < -0.3 is 10.5 Å². The molecule has 0 unspecified atom stereocenters. The van der Waals surface area contributed by atoms with Gasteiger partial charge in [0.2, 0.25) is 0 Å². The fourth-order valence-electron chi connectivity index (χ4n) is 3.98. The number of nitrogen functional groups attached to an aromatic ring is 1. The highest BCUT2D eigenvalue weighted by molar-refractivity contribution is 7.25. The molecule has 6 nitrogen and oxygen atoms in total. The Balaban J connectivity index is 1.82. The average molecular weight is 342 g/mol. The number of anilines is 2. The Labute approximate surface area is 143 Å². The molecular formula is C17H20N5OS+. The Bertz CT molecular complexity index is 932. The molecule has 0 radical (unpaired) electrons. The zero-order chi connectivity index (χ0) is 16.1. The van der Waals surface area contributed by atoms with Crippen LogP contribution in [0.15, 0.2) is 6.33 Å². The molecule has 124 valence electrons. The largest absolute Gasteiger partial charge is 0.382 e. The topological polar surface area (TPSA) is 78.4 Å². The molecule has 0 amide bonds. The predicted molar refractivity (Wildman–Crippen MR) is 95.6 cm³/mol. The van der Waals surface area contributed by atoms with Crippen LogP contribution in [0.5, 0.6) is 0 Å². The molecule has 1 fully saturated rings. The van der Waals surface area contributed by atoms with Gasteiger partial charge in [0, 0.05) is 5.56 Å². The van der Waals surface area contributed by atoms with E-state index in [1.165, 1.54) is 40.0 Å². The summed E-state index contributed by atoms with van der Waals surface area (Å²) in [6, 6.07) is 0. The van der Waals surface area contributed by atoms with Crippen LogP contribution < -0.4 is 15.6 Å². The number of nitrogens with one attached hydrogen (secondary N) is 1. The zero-order valence-corrected chi connectivity index (χ0v) is 14.3. The highest BCUT2D eigenvalue weighted by Crippen LogP contribution is 2.40. The van der Waals surface area contributed by atoms with E-state index in [2.05, 4.69) is 19.9 Å². The summed E-state index contributed by atoms with van der Waals surface area (Å²) in [5.41, 5.74) is 10.0. The number of aryl methyl sites for hydroxylation is 1. The minimum absolute atomic E-state index is 0.576. The molecular weight excluding hydrogens is 322 g/mol. The molecule has 2 aliphatic rings. The predicted octanol–water partition coefficient (Wildman–Crippen LogP) is 1.96. The van der Waals surface area contributed by atoms with Crippen molar-refractivity contribution in [1.82, 2.24) is 9.97 Å². The second-order valence-corrected chi connectivity index (χ2v) is 7.50. The van der Waals surface area contributed by atoms with Crippen molar-refractivity contribution in [3.8, 4) is 0 Å². The summed E-state index contributed by atoms with van der Waals surface area (Å²) in [6.45, 7) is 3.49. The minimum atomic E-state index is 0.576. The van der Waals surface area contributed by atoms with E-state index in [1.54, 1.807) is 17.7 Å². The molecule has 1 aliphatic carbocycles. The molecule has 3 N–H and O–H groups in total. The number of aromatic nitrogens is 3. The molecule has 1 saturated heterocycles. The molecule has 3 aromatic heterocycles. The molecule has 0 bridgehead atoms. The van der Waals surface area contributed by atoms with Gasteiger partial charge in [0.15, 0.2) is 4.83 Å². The van der Waals surface area contributed by atoms with Gasteiger partial charge in [0.1, 0.15) is 25.2 Å². The van der Waals surface area contributed by atoms with Gasteiger partial charge in [-0.15, -0.1) is 0 Å². The molecule has 0 aromatic carbocycles. The first-order valence-corrected chi connectivity index (χ1v) is 9.37. The van der Waals surface area contributed by atoms with Crippen molar-refractivity contribution >= 4 is 43.4 Å². The van der Waals surface area contributed by atoms with Crippen LogP contribution in [0, 0.1) is 0 Å². The number of nitrogens with zero attached hydrogens (tertiary/aromatic N) is 3. The number of morpholine rings is 1. The van der Waals surface area contributed by atoms with Gasteiger partial charge in [0.25, 0.3) is 5.82 Å². The van der Waals surface area contributed by atoms with Gasteiger partial charge in [-0.05, 0) is 31.2 Å².